The molecule has 0 saturated carbocycles. The van der Waals surface area contributed by atoms with Gasteiger partial charge in [0.05, 0.1) is 4.99 Å². The molecule has 5 heteroatoms. The largest absolute Gasteiger partial charge is 0.492 e. The fourth-order valence-electron chi connectivity index (χ4n) is 1.93. The maximum atomic E-state index is 5.77. The van der Waals surface area contributed by atoms with Crippen molar-refractivity contribution >= 4 is 33.1 Å². The van der Waals surface area contributed by atoms with E-state index in [0.717, 1.165) is 36.3 Å². The number of thiocarbonyl (C=S) groups is 1. The second kappa shape index (κ2) is 9.32. The van der Waals surface area contributed by atoms with Crippen LogP contribution in [0.4, 0.5) is 0 Å². The molecule has 0 radical (unpaired) electrons. The van der Waals surface area contributed by atoms with E-state index < -0.39 is 0 Å². The molecule has 0 aromatic heterocycles. The minimum Gasteiger partial charge on any atom is -0.492 e. The van der Waals surface area contributed by atoms with Crippen LogP contribution in [0.25, 0.3) is 0 Å². The molecule has 0 aliphatic heterocycles. The Hall–Kier alpha value is -0.650. The van der Waals surface area contributed by atoms with Crippen LogP contribution in [-0.2, 0) is 0 Å². The summed E-state index contributed by atoms with van der Waals surface area (Å²) in [5.74, 6) is 1.51. The Morgan fingerprint density at radius 2 is 2.15 bits per heavy atom. The van der Waals surface area contributed by atoms with Crippen molar-refractivity contribution < 1.29 is 4.74 Å². The Bertz CT molecular complexity index is 426. The molecule has 1 aromatic carbocycles. The van der Waals surface area contributed by atoms with Crippen molar-refractivity contribution in [3.63, 3.8) is 0 Å². The smallest absolute Gasteiger partial charge is 0.120 e. The zero-order valence-corrected chi connectivity index (χ0v) is 14.5. The van der Waals surface area contributed by atoms with E-state index in [2.05, 4.69) is 34.7 Å². The number of nitrogens with zero attached hydrogens (tertiary/aromatic N) is 1. The third kappa shape index (κ3) is 7.82. The standard InChI is InChI=1S/C15H23BrN2OS/c1-12(2)11-18(7-6-15(17)20)8-9-19-14-5-3-4-13(16)10-14/h3-5,10,12H,6-9,11H2,1-2H3,(H2,17,20). The van der Waals surface area contributed by atoms with E-state index in [0.29, 0.717) is 17.5 Å². The van der Waals surface area contributed by atoms with Gasteiger partial charge in [-0.05, 0) is 24.1 Å². The summed E-state index contributed by atoms with van der Waals surface area (Å²) in [6, 6.07) is 7.90. The minimum absolute atomic E-state index is 0.576. The molecule has 1 rings (SSSR count). The Morgan fingerprint density at radius 3 is 2.75 bits per heavy atom. The van der Waals surface area contributed by atoms with Gasteiger partial charge in [0.15, 0.2) is 0 Å². The van der Waals surface area contributed by atoms with Gasteiger partial charge in [-0.25, -0.2) is 0 Å². The van der Waals surface area contributed by atoms with Gasteiger partial charge in [0.2, 0.25) is 0 Å². The Labute approximate surface area is 135 Å². The summed E-state index contributed by atoms with van der Waals surface area (Å²) in [5, 5.41) is 0. The SMILES string of the molecule is CC(C)CN(CCOc1cccc(Br)c1)CCC(N)=S. The van der Waals surface area contributed by atoms with E-state index in [1.54, 1.807) is 0 Å². The van der Waals surface area contributed by atoms with Crippen molar-refractivity contribution in [2.75, 3.05) is 26.2 Å². The number of nitrogens with two attached hydrogens (primary N) is 1. The number of halogens is 1. The maximum Gasteiger partial charge on any atom is 0.120 e. The highest BCUT2D eigenvalue weighted by Gasteiger charge is 2.08. The molecule has 0 bridgehead atoms. The van der Waals surface area contributed by atoms with Crippen molar-refractivity contribution in [1.82, 2.24) is 4.90 Å². The first kappa shape index (κ1) is 17.4. The topological polar surface area (TPSA) is 38.5 Å². The molecule has 2 N–H and O–H groups in total. The van der Waals surface area contributed by atoms with E-state index in [9.17, 15) is 0 Å². The van der Waals surface area contributed by atoms with Gasteiger partial charge in [-0.1, -0.05) is 48.1 Å². The average Bonchev–Trinajstić information content (AvgIpc) is 2.35. The van der Waals surface area contributed by atoms with Crippen LogP contribution in [0.1, 0.15) is 20.3 Å². The normalized spacial score (nSPS) is 11.1. The molecule has 0 heterocycles. The lowest BCUT2D eigenvalue weighted by molar-refractivity contribution is 0.196. The molecule has 0 unspecified atom stereocenters. The maximum absolute atomic E-state index is 5.77. The molecule has 0 fully saturated rings. The number of hydrogen-bond acceptors (Lipinski definition) is 3. The highest BCUT2D eigenvalue weighted by atomic mass is 79.9. The van der Waals surface area contributed by atoms with Gasteiger partial charge in [-0.2, -0.15) is 0 Å². The van der Waals surface area contributed by atoms with Crippen LogP contribution >= 0.6 is 28.1 Å². The fraction of sp³-hybridized carbons (Fsp3) is 0.533. The molecule has 0 saturated heterocycles. The zero-order valence-electron chi connectivity index (χ0n) is 12.1. The second-order valence-electron chi connectivity index (χ2n) is 5.22. The lowest BCUT2D eigenvalue weighted by atomic mass is 10.2. The van der Waals surface area contributed by atoms with Crippen molar-refractivity contribution in [3.05, 3.63) is 28.7 Å². The predicted octanol–water partition coefficient (Wildman–Crippen LogP) is 3.46. The summed E-state index contributed by atoms with van der Waals surface area (Å²) in [7, 11) is 0. The third-order valence-corrected chi connectivity index (χ3v) is 3.47. The van der Waals surface area contributed by atoms with Crippen LogP contribution in [0.3, 0.4) is 0 Å². The molecule has 3 nitrogen and oxygen atoms in total. The van der Waals surface area contributed by atoms with Gasteiger partial charge in [-0.3, -0.25) is 4.90 Å². The van der Waals surface area contributed by atoms with Gasteiger partial charge in [0.25, 0.3) is 0 Å². The lowest BCUT2D eigenvalue weighted by Crippen LogP contribution is -2.34. The number of benzene rings is 1. The number of hydrogen-bond donors (Lipinski definition) is 1. The quantitative estimate of drug-likeness (QED) is 0.686. The first-order chi connectivity index (χ1) is 9.47. The number of ether oxygens (including phenoxy) is 1. The summed E-state index contributed by atoms with van der Waals surface area (Å²) in [4.78, 5) is 2.92. The molecule has 0 aliphatic carbocycles. The van der Waals surface area contributed by atoms with Gasteiger partial charge >= 0.3 is 0 Å². The van der Waals surface area contributed by atoms with Gasteiger partial charge in [0, 0.05) is 30.5 Å². The second-order valence-corrected chi connectivity index (χ2v) is 6.66. The van der Waals surface area contributed by atoms with E-state index in [1.807, 2.05) is 24.3 Å². The molecule has 0 atom stereocenters. The highest BCUT2D eigenvalue weighted by molar-refractivity contribution is 9.10. The van der Waals surface area contributed by atoms with Crippen molar-refractivity contribution in [2.45, 2.75) is 20.3 Å². The van der Waals surface area contributed by atoms with E-state index in [-0.39, 0.29) is 0 Å². The summed E-state index contributed by atoms with van der Waals surface area (Å²) in [6.07, 6.45) is 0.763. The molecular formula is C15H23BrN2OS. The van der Waals surface area contributed by atoms with Crippen molar-refractivity contribution in [1.29, 1.82) is 0 Å². The first-order valence-corrected chi connectivity index (χ1v) is 8.06. The molecule has 1 aromatic rings. The monoisotopic (exact) mass is 358 g/mol. The Kier molecular flexibility index (Phi) is 8.11. The van der Waals surface area contributed by atoms with Crippen LogP contribution in [-0.4, -0.2) is 36.1 Å². The van der Waals surface area contributed by atoms with Crippen LogP contribution < -0.4 is 10.5 Å². The summed E-state index contributed by atoms with van der Waals surface area (Å²) in [6.45, 7) is 7.90. The molecule has 20 heavy (non-hydrogen) atoms. The third-order valence-electron chi connectivity index (χ3n) is 2.77. The summed E-state index contributed by atoms with van der Waals surface area (Å²) >= 11 is 8.38. The lowest BCUT2D eigenvalue weighted by Gasteiger charge is -2.24. The van der Waals surface area contributed by atoms with E-state index >= 15 is 0 Å². The van der Waals surface area contributed by atoms with Crippen molar-refractivity contribution in [3.8, 4) is 5.75 Å². The molecule has 0 spiro atoms. The predicted molar refractivity (Wildman–Crippen MR) is 92.3 cm³/mol. The number of rotatable bonds is 9. The van der Waals surface area contributed by atoms with Crippen LogP contribution in [0.2, 0.25) is 0 Å². The summed E-state index contributed by atoms with van der Waals surface area (Å²) < 4.78 is 6.80. The van der Waals surface area contributed by atoms with Crippen LogP contribution in [0, 0.1) is 5.92 Å². The summed E-state index contributed by atoms with van der Waals surface area (Å²) in [5.41, 5.74) is 5.58. The highest BCUT2D eigenvalue weighted by Crippen LogP contribution is 2.17. The minimum atomic E-state index is 0.576. The molecule has 112 valence electrons. The average molecular weight is 359 g/mol. The molecular weight excluding hydrogens is 336 g/mol. The zero-order chi connectivity index (χ0) is 15.0. The van der Waals surface area contributed by atoms with Crippen molar-refractivity contribution in [2.24, 2.45) is 11.7 Å². The Morgan fingerprint density at radius 1 is 1.40 bits per heavy atom. The van der Waals surface area contributed by atoms with Crippen LogP contribution in [0.15, 0.2) is 28.7 Å². The van der Waals surface area contributed by atoms with Gasteiger partial charge < -0.3 is 10.5 Å². The van der Waals surface area contributed by atoms with E-state index in [1.165, 1.54) is 0 Å². The fourth-order valence-corrected chi connectivity index (χ4v) is 2.40. The van der Waals surface area contributed by atoms with Gasteiger partial charge in [-0.15, -0.1) is 0 Å². The molecule has 0 amide bonds. The first-order valence-electron chi connectivity index (χ1n) is 6.86. The Balaban J connectivity index is 2.38. The molecule has 0 aliphatic rings. The van der Waals surface area contributed by atoms with Crippen LogP contribution in [0.5, 0.6) is 5.75 Å². The van der Waals surface area contributed by atoms with Gasteiger partial charge in [0.1, 0.15) is 12.4 Å². The van der Waals surface area contributed by atoms with E-state index in [4.69, 9.17) is 22.7 Å².